The second-order valence-electron chi connectivity index (χ2n) is 10.1. The summed E-state index contributed by atoms with van der Waals surface area (Å²) in [5.74, 6) is 0.0334. The molecule has 3 aromatic rings. The summed E-state index contributed by atoms with van der Waals surface area (Å²) in [6, 6.07) is 17.6. The molecule has 1 unspecified atom stereocenters. The van der Waals surface area contributed by atoms with Crippen LogP contribution in [0.1, 0.15) is 42.4 Å². The minimum Gasteiger partial charge on any atom is -0.512 e. The number of phosphoric ester groups is 1. The van der Waals surface area contributed by atoms with E-state index in [9.17, 15) is 29.3 Å². The molecule has 1 aliphatic rings. The fraction of sp³-hybridized carbons (Fsp3) is 0.233. The molecule has 11 nitrogen and oxygen atoms in total. The number of nitrogens with zero attached hydrogens (tertiary/aromatic N) is 1. The average molecular weight is 630 g/mol. The molecular weight excluding hydrogens is 596 g/mol. The van der Waals surface area contributed by atoms with Crippen LogP contribution in [0, 0.1) is 0 Å². The Morgan fingerprint density at radius 3 is 2.12 bits per heavy atom. The van der Waals surface area contributed by atoms with Crippen LogP contribution in [-0.2, 0) is 28.4 Å². The number of rotatable bonds is 13. The Bertz CT molecular complexity index is 1640. The van der Waals surface area contributed by atoms with Crippen molar-refractivity contribution in [2.24, 2.45) is 4.76 Å². The van der Waals surface area contributed by atoms with Crippen molar-refractivity contribution in [2.75, 3.05) is 0 Å². The van der Waals surface area contributed by atoms with E-state index in [1.807, 2.05) is 12.1 Å². The molecule has 3 aromatic carbocycles. The van der Waals surface area contributed by atoms with Gasteiger partial charge in [-0.1, -0.05) is 36.4 Å². The van der Waals surface area contributed by atoms with E-state index < -0.39 is 15.6 Å². The lowest BCUT2D eigenvalue weighted by atomic mass is 9.95. The van der Waals surface area contributed by atoms with E-state index >= 15 is 0 Å². The molecule has 1 aliphatic carbocycles. The van der Waals surface area contributed by atoms with E-state index in [-0.39, 0.29) is 40.9 Å². The minimum atomic E-state index is -4.81. The van der Waals surface area contributed by atoms with Crippen LogP contribution in [0.2, 0.25) is 0 Å². The van der Waals surface area contributed by atoms with E-state index in [1.165, 1.54) is 24.3 Å². The molecule has 1 atom stereocenters. The largest absolute Gasteiger partial charge is 0.524 e. The fourth-order valence-corrected chi connectivity index (χ4v) is 6.03. The number of phenolic OH excluding ortho intramolecular Hbond substituents is 2. The number of aryl methyl sites for hydroxylation is 3. The molecule has 228 valence electrons. The van der Waals surface area contributed by atoms with Gasteiger partial charge in [0.2, 0.25) is 0 Å². The number of phenols is 2. The van der Waals surface area contributed by atoms with Crippen LogP contribution in [0.25, 0.3) is 0 Å². The number of hydrogen-bond acceptors (Lipinski definition) is 7. The van der Waals surface area contributed by atoms with Crippen LogP contribution in [0.3, 0.4) is 0 Å². The maximum Gasteiger partial charge on any atom is 0.524 e. The van der Waals surface area contributed by atoms with Gasteiger partial charge in [0.05, 0.1) is 11.5 Å². The molecule has 0 saturated carbocycles. The maximum atomic E-state index is 13.0. The highest BCUT2D eigenvalue weighted by Gasteiger charge is 2.25. The van der Waals surface area contributed by atoms with Gasteiger partial charge in [-0.3, -0.25) is 14.7 Å². The van der Waals surface area contributed by atoms with Gasteiger partial charge >= 0.3 is 15.6 Å². The van der Waals surface area contributed by atoms with Crippen LogP contribution in [-0.4, -0.2) is 35.7 Å². The van der Waals surface area contributed by atoms with Gasteiger partial charge in [0.15, 0.2) is 0 Å². The number of allylic oxidation sites excluding steroid dienone is 4. The molecular formula is C30H33NO10P2. The van der Waals surface area contributed by atoms with Crippen molar-refractivity contribution in [3.8, 4) is 23.0 Å². The first kappa shape index (κ1) is 32.1. The van der Waals surface area contributed by atoms with Crippen molar-refractivity contribution < 1.29 is 48.2 Å². The van der Waals surface area contributed by atoms with Gasteiger partial charge < -0.3 is 24.4 Å². The smallest absolute Gasteiger partial charge is 0.512 e. The highest BCUT2D eigenvalue weighted by molar-refractivity contribution is 7.52. The zero-order valence-electron chi connectivity index (χ0n) is 23.1. The Morgan fingerprint density at radius 1 is 0.721 bits per heavy atom. The SMILES string of the molecule is O=P(O)(O)Oc1cc(O)ccc1CCCc1cccc(OP(=O)(O)N=C2CC(O)=CC=C2CCCc2cccc(O)c2)c1. The predicted molar refractivity (Wildman–Crippen MR) is 162 cm³/mol. The normalized spacial score (nSPS) is 15.8. The van der Waals surface area contributed by atoms with Crippen LogP contribution >= 0.6 is 15.6 Å². The molecule has 0 fully saturated rings. The Morgan fingerprint density at radius 2 is 1.40 bits per heavy atom. The van der Waals surface area contributed by atoms with E-state index in [0.29, 0.717) is 49.7 Å². The lowest BCUT2D eigenvalue weighted by molar-refractivity contribution is 0.281. The first-order valence-corrected chi connectivity index (χ1v) is 16.6. The first-order valence-electron chi connectivity index (χ1n) is 13.5. The molecule has 0 aromatic heterocycles. The predicted octanol–water partition coefficient (Wildman–Crippen LogP) is 6.46. The highest BCUT2D eigenvalue weighted by Crippen LogP contribution is 2.46. The zero-order chi connectivity index (χ0) is 31.0. The van der Waals surface area contributed by atoms with Crippen LogP contribution < -0.4 is 9.05 Å². The van der Waals surface area contributed by atoms with Gasteiger partial charge in [0.25, 0.3) is 0 Å². The molecule has 0 heterocycles. The Labute approximate surface area is 248 Å². The van der Waals surface area contributed by atoms with Gasteiger partial charge in [0, 0.05) is 12.5 Å². The number of phosphoric acid groups is 1. The Balaban J connectivity index is 1.38. The van der Waals surface area contributed by atoms with Gasteiger partial charge in [-0.05, 0) is 97.2 Å². The summed E-state index contributed by atoms with van der Waals surface area (Å²) in [4.78, 5) is 28.9. The molecule has 6 N–H and O–H groups in total. The van der Waals surface area contributed by atoms with Gasteiger partial charge in [-0.15, -0.1) is 0 Å². The lowest BCUT2D eigenvalue weighted by Gasteiger charge is -2.17. The van der Waals surface area contributed by atoms with E-state index in [0.717, 1.165) is 17.2 Å². The van der Waals surface area contributed by atoms with Gasteiger partial charge in [-0.2, -0.15) is 4.76 Å². The topological polar surface area (TPSA) is 186 Å². The average Bonchev–Trinajstić information content (AvgIpc) is 2.90. The third kappa shape index (κ3) is 10.4. The third-order valence-electron chi connectivity index (χ3n) is 6.57. The van der Waals surface area contributed by atoms with Crippen LogP contribution in [0.5, 0.6) is 23.0 Å². The second kappa shape index (κ2) is 14.1. The molecule has 13 heteroatoms. The number of aromatic hydroxyl groups is 2. The monoisotopic (exact) mass is 629 g/mol. The lowest BCUT2D eigenvalue weighted by Crippen LogP contribution is -2.10. The highest BCUT2D eigenvalue weighted by atomic mass is 31.2. The Kier molecular flexibility index (Phi) is 10.5. The van der Waals surface area contributed by atoms with Crippen molar-refractivity contribution in [1.82, 2.24) is 0 Å². The fourth-order valence-electron chi connectivity index (χ4n) is 4.67. The molecule has 0 spiro atoms. The summed E-state index contributed by atoms with van der Waals surface area (Å²) in [6.07, 6.45) is 6.53. The summed E-state index contributed by atoms with van der Waals surface area (Å²) >= 11 is 0. The standard InChI is InChI=1S/C30H33NO10P2/c32-25-11-3-7-21(17-25)5-1-9-23-13-15-26(33)19-29(23)31-42(35,36)40-28-12-4-8-22(18-28)6-2-10-24-14-16-27(34)20-30(24)41-43(37,38)39/h3-4,7-8,11-18,20,32-34H,1-2,5-6,9-10,19H2,(H,35,36)(H2,37,38,39). The molecule has 0 aliphatic heterocycles. The molecule has 43 heavy (non-hydrogen) atoms. The molecule has 0 saturated heterocycles. The first-order chi connectivity index (χ1) is 20.3. The summed E-state index contributed by atoms with van der Waals surface area (Å²) in [6.45, 7) is 0. The number of benzene rings is 3. The van der Waals surface area contributed by atoms with Crippen LogP contribution in [0.4, 0.5) is 0 Å². The van der Waals surface area contributed by atoms with Gasteiger partial charge in [0.1, 0.15) is 23.0 Å². The quantitative estimate of drug-likeness (QED) is 0.115. The summed E-state index contributed by atoms with van der Waals surface area (Å²) in [5, 5.41) is 29.4. The Hall–Kier alpha value is -3.85. The molecule has 0 bridgehead atoms. The van der Waals surface area contributed by atoms with E-state index in [2.05, 4.69) is 4.76 Å². The van der Waals surface area contributed by atoms with E-state index in [4.69, 9.17) is 18.8 Å². The number of aliphatic hydroxyl groups excluding tert-OH is 1. The van der Waals surface area contributed by atoms with Gasteiger partial charge in [-0.25, -0.2) is 9.13 Å². The minimum absolute atomic E-state index is 0.00309. The zero-order valence-corrected chi connectivity index (χ0v) is 24.9. The second-order valence-corrected chi connectivity index (χ2v) is 12.6. The van der Waals surface area contributed by atoms with Crippen molar-refractivity contribution >= 4 is 21.3 Å². The number of aliphatic hydroxyl groups is 1. The van der Waals surface area contributed by atoms with Crippen molar-refractivity contribution in [1.29, 1.82) is 0 Å². The van der Waals surface area contributed by atoms with Crippen molar-refractivity contribution in [3.05, 3.63) is 107 Å². The number of hydrogen-bond donors (Lipinski definition) is 6. The molecule has 0 radical (unpaired) electrons. The van der Waals surface area contributed by atoms with Crippen molar-refractivity contribution in [2.45, 2.75) is 44.9 Å². The third-order valence-corrected chi connectivity index (χ3v) is 7.95. The van der Waals surface area contributed by atoms with E-state index in [1.54, 1.807) is 36.4 Å². The van der Waals surface area contributed by atoms with Crippen LogP contribution in [0.15, 0.2) is 95.0 Å². The molecule has 4 rings (SSSR count). The summed E-state index contributed by atoms with van der Waals surface area (Å²) in [7, 11) is -9.32. The molecule has 0 amide bonds. The van der Waals surface area contributed by atoms with Crippen molar-refractivity contribution in [3.63, 3.8) is 0 Å². The maximum absolute atomic E-state index is 13.0. The summed E-state index contributed by atoms with van der Waals surface area (Å²) < 4.78 is 38.4. The summed E-state index contributed by atoms with van der Waals surface area (Å²) in [5.41, 5.74) is 3.22.